The van der Waals surface area contributed by atoms with Gasteiger partial charge in [-0.2, -0.15) is 13.2 Å². The number of hydrogen-bond donors (Lipinski definition) is 2. The molecule has 0 aliphatic heterocycles. The maximum Gasteiger partial charge on any atom is 0.419 e. The molecule has 0 bridgehead atoms. The highest BCUT2D eigenvalue weighted by molar-refractivity contribution is 7.13. The summed E-state index contributed by atoms with van der Waals surface area (Å²) in [6.45, 7) is 10.7. The Kier molecular flexibility index (Phi) is 8.91. The number of halogens is 3. The minimum atomic E-state index is -4.66. The van der Waals surface area contributed by atoms with E-state index in [4.69, 9.17) is 9.47 Å². The van der Waals surface area contributed by atoms with Crippen LogP contribution in [0.1, 0.15) is 53.5 Å². The van der Waals surface area contributed by atoms with Gasteiger partial charge in [0.1, 0.15) is 23.8 Å². The Labute approximate surface area is 224 Å². The SMILES string of the molecule is CC(C)CC(C)(COc1ccc(-c2ccnc(Nc3nccs3)c2)cc1C(F)(F)F)NC(=O)OC(C)(C)C. The number of amides is 1. The van der Waals surface area contributed by atoms with Crippen LogP contribution in [-0.2, 0) is 10.9 Å². The number of carbonyl (C=O) groups is 1. The third-order valence-electron chi connectivity index (χ3n) is 5.25. The number of benzene rings is 1. The summed E-state index contributed by atoms with van der Waals surface area (Å²) in [5, 5.41) is 8.25. The van der Waals surface area contributed by atoms with Crippen molar-refractivity contribution in [2.24, 2.45) is 5.92 Å². The van der Waals surface area contributed by atoms with Gasteiger partial charge in [0.2, 0.25) is 0 Å². The van der Waals surface area contributed by atoms with E-state index in [9.17, 15) is 18.0 Å². The van der Waals surface area contributed by atoms with Crippen LogP contribution in [0, 0.1) is 5.92 Å². The molecule has 3 rings (SSSR count). The zero-order valence-electron chi connectivity index (χ0n) is 22.3. The molecule has 206 valence electrons. The van der Waals surface area contributed by atoms with Gasteiger partial charge in [-0.15, -0.1) is 11.3 Å². The Morgan fingerprint density at radius 2 is 1.74 bits per heavy atom. The van der Waals surface area contributed by atoms with Crippen molar-refractivity contribution in [3.63, 3.8) is 0 Å². The summed E-state index contributed by atoms with van der Waals surface area (Å²) in [6, 6.07) is 7.21. The fourth-order valence-corrected chi connectivity index (χ4v) is 4.50. The number of pyridine rings is 1. The summed E-state index contributed by atoms with van der Waals surface area (Å²) in [7, 11) is 0. The summed E-state index contributed by atoms with van der Waals surface area (Å²) in [5.41, 5.74) is -1.69. The predicted octanol–water partition coefficient (Wildman–Crippen LogP) is 7.68. The molecule has 0 aliphatic rings. The van der Waals surface area contributed by atoms with Crippen LogP contribution in [0.15, 0.2) is 48.1 Å². The van der Waals surface area contributed by atoms with E-state index >= 15 is 0 Å². The van der Waals surface area contributed by atoms with Crippen molar-refractivity contribution in [2.45, 2.75) is 65.3 Å². The van der Waals surface area contributed by atoms with Crippen LogP contribution in [0.3, 0.4) is 0 Å². The molecule has 11 heteroatoms. The van der Waals surface area contributed by atoms with Gasteiger partial charge in [-0.3, -0.25) is 0 Å². The first-order valence-electron chi connectivity index (χ1n) is 12.1. The van der Waals surface area contributed by atoms with Crippen molar-refractivity contribution in [3.8, 4) is 16.9 Å². The molecule has 1 aromatic carbocycles. The Morgan fingerprint density at radius 1 is 1.03 bits per heavy atom. The lowest BCUT2D eigenvalue weighted by Gasteiger charge is -2.33. The molecule has 0 saturated carbocycles. The lowest BCUT2D eigenvalue weighted by Crippen LogP contribution is -2.52. The van der Waals surface area contributed by atoms with Gasteiger partial charge in [-0.25, -0.2) is 14.8 Å². The number of anilines is 2. The molecule has 0 fully saturated rings. The molecule has 38 heavy (non-hydrogen) atoms. The number of rotatable bonds is 9. The molecule has 7 nitrogen and oxygen atoms in total. The lowest BCUT2D eigenvalue weighted by atomic mass is 9.91. The third kappa shape index (κ3) is 8.61. The number of ether oxygens (including phenoxy) is 2. The minimum Gasteiger partial charge on any atom is -0.491 e. The van der Waals surface area contributed by atoms with Crippen molar-refractivity contribution >= 4 is 28.4 Å². The van der Waals surface area contributed by atoms with Crippen LogP contribution < -0.4 is 15.4 Å². The molecular weight excluding hydrogens is 517 g/mol. The molecular formula is C27H33F3N4O3S. The number of carbonyl (C=O) groups excluding carboxylic acids is 1. The first-order chi connectivity index (χ1) is 17.6. The molecule has 2 aromatic heterocycles. The summed E-state index contributed by atoms with van der Waals surface area (Å²) >= 11 is 1.38. The lowest BCUT2D eigenvalue weighted by molar-refractivity contribution is -0.139. The molecule has 2 heterocycles. The highest BCUT2D eigenvalue weighted by Gasteiger charge is 2.36. The second kappa shape index (κ2) is 11.6. The van der Waals surface area contributed by atoms with Crippen molar-refractivity contribution in [3.05, 3.63) is 53.7 Å². The molecule has 1 unspecified atom stereocenters. The number of nitrogens with one attached hydrogen (secondary N) is 2. The molecule has 3 aromatic rings. The quantitative estimate of drug-likeness (QED) is 0.284. The summed E-state index contributed by atoms with van der Waals surface area (Å²) in [4.78, 5) is 20.8. The van der Waals surface area contributed by atoms with E-state index in [1.807, 2.05) is 13.8 Å². The van der Waals surface area contributed by atoms with E-state index in [0.717, 1.165) is 6.07 Å². The summed E-state index contributed by atoms with van der Waals surface area (Å²) in [6.07, 6.45) is -1.69. The Hall–Kier alpha value is -3.34. The molecule has 1 amide bonds. The Balaban J connectivity index is 1.85. The number of hydrogen-bond acceptors (Lipinski definition) is 7. The normalized spacial score (nSPS) is 13.6. The van der Waals surface area contributed by atoms with Gasteiger partial charge in [-0.1, -0.05) is 19.9 Å². The third-order valence-corrected chi connectivity index (χ3v) is 5.94. The number of thiazole rings is 1. The van der Waals surface area contributed by atoms with Crippen molar-refractivity contribution in [1.29, 1.82) is 0 Å². The Bertz CT molecular complexity index is 1230. The van der Waals surface area contributed by atoms with Crippen LogP contribution in [0.2, 0.25) is 0 Å². The van der Waals surface area contributed by atoms with Gasteiger partial charge < -0.3 is 20.1 Å². The van der Waals surface area contributed by atoms with E-state index in [-0.39, 0.29) is 18.3 Å². The number of nitrogens with zero attached hydrogens (tertiary/aromatic N) is 2. The second-order valence-electron chi connectivity index (χ2n) is 10.7. The average molecular weight is 551 g/mol. The fourth-order valence-electron chi connectivity index (χ4n) is 3.96. The number of alkyl halides is 3. The molecule has 2 N–H and O–H groups in total. The monoisotopic (exact) mass is 550 g/mol. The fraction of sp³-hybridized carbons (Fsp3) is 0.444. The van der Waals surface area contributed by atoms with Crippen molar-refractivity contribution < 1.29 is 27.4 Å². The first-order valence-corrected chi connectivity index (χ1v) is 13.0. The van der Waals surface area contributed by atoms with Gasteiger partial charge in [0.15, 0.2) is 5.13 Å². The minimum absolute atomic E-state index is 0.141. The number of alkyl carbamates (subject to hydrolysis) is 1. The molecule has 0 radical (unpaired) electrons. The molecule has 0 aliphatic carbocycles. The topological polar surface area (TPSA) is 85.4 Å². The maximum absolute atomic E-state index is 14.1. The average Bonchev–Trinajstić information content (AvgIpc) is 3.28. The van der Waals surface area contributed by atoms with Gasteiger partial charge in [-0.05, 0) is 75.4 Å². The standard InChI is InChI=1S/C27H33F3N4O3S/c1-17(2)15-26(6,34-24(35)37-25(3,4)5)16-36-21-8-7-18(13-20(21)27(28,29)30)19-9-10-31-22(14-19)33-23-32-11-12-38-23/h7-14,17H,15-16H2,1-6H3,(H,34,35)(H,31,32,33). The first kappa shape index (κ1) is 29.2. The highest BCUT2D eigenvalue weighted by Crippen LogP contribution is 2.39. The van der Waals surface area contributed by atoms with E-state index in [0.29, 0.717) is 28.5 Å². The predicted molar refractivity (Wildman–Crippen MR) is 143 cm³/mol. The zero-order valence-corrected chi connectivity index (χ0v) is 23.1. The van der Waals surface area contributed by atoms with Gasteiger partial charge in [0.05, 0.1) is 11.1 Å². The van der Waals surface area contributed by atoms with Gasteiger partial charge in [0.25, 0.3) is 0 Å². The van der Waals surface area contributed by atoms with Crippen LogP contribution in [0.4, 0.5) is 28.9 Å². The van der Waals surface area contributed by atoms with Crippen LogP contribution >= 0.6 is 11.3 Å². The van der Waals surface area contributed by atoms with E-state index < -0.39 is 29.0 Å². The Morgan fingerprint density at radius 3 is 2.34 bits per heavy atom. The van der Waals surface area contributed by atoms with Gasteiger partial charge >= 0.3 is 12.3 Å². The van der Waals surface area contributed by atoms with Crippen molar-refractivity contribution in [2.75, 3.05) is 11.9 Å². The zero-order chi connectivity index (χ0) is 28.1. The van der Waals surface area contributed by atoms with Crippen molar-refractivity contribution in [1.82, 2.24) is 15.3 Å². The summed E-state index contributed by atoms with van der Waals surface area (Å²) < 4.78 is 53.4. The van der Waals surface area contributed by atoms with E-state index in [2.05, 4.69) is 20.6 Å². The van der Waals surface area contributed by atoms with Crippen LogP contribution in [0.25, 0.3) is 11.1 Å². The van der Waals surface area contributed by atoms with E-state index in [1.54, 1.807) is 57.5 Å². The van der Waals surface area contributed by atoms with E-state index in [1.165, 1.54) is 23.6 Å². The second-order valence-corrected chi connectivity index (χ2v) is 11.6. The maximum atomic E-state index is 14.1. The largest absolute Gasteiger partial charge is 0.491 e. The highest BCUT2D eigenvalue weighted by atomic mass is 32.1. The summed E-state index contributed by atoms with van der Waals surface area (Å²) in [5.74, 6) is 0.281. The molecule has 0 saturated heterocycles. The van der Waals surface area contributed by atoms with Crippen LogP contribution in [-0.4, -0.2) is 33.8 Å². The molecule has 0 spiro atoms. The van der Waals surface area contributed by atoms with Gasteiger partial charge in [0, 0.05) is 17.8 Å². The number of aromatic nitrogens is 2. The van der Waals surface area contributed by atoms with Crippen LogP contribution in [0.5, 0.6) is 5.75 Å². The smallest absolute Gasteiger partial charge is 0.419 e. The molecule has 1 atom stereocenters.